The van der Waals surface area contributed by atoms with E-state index < -0.39 is 11.7 Å². The summed E-state index contributed by atoms with van der Waals surface area (Å²) in [6.07, 6.45) is 0.655. The Labute approximate surface area is 144 Å². The number of anilines is 1. The SMILES string of the molecule is Cc1ccc(F)c(C(=O)Nc2ccc(C[C@@H]3CC(=O)NC3=O)cc2)c1. The molecule has 2 N–H and O–H groups in total. The van der Waals surface area contributed by atoms with Crippen molar-refractivity contribution in [2.45, 2.75) is 19.8 Å². The molecule has 0 bridgehead atoms. The van der Waals surface area contributed by atoms with Gasteiger partial charge in [0, 0.05) is 12.1 Å². The molecular weight excluding hydrogens is 323 g/mol. The van der Waals surface area contributed by atoms with Crippen molar-refractivity contribution in [1.82, 2.24) is 5.32 Å². The van der Waals surface area contributed by atoms with Gasteiger partial charge in [-0.05, 0) is 43.2 Å². The molecule has 128 valence electrons. The Morgan fingerprint density at radius 3 is 2.56 bits per heavy atom. The second kappa shape index (κ2) is 6.84. The number of rotatable bonds is 4. The highest BCUT2D eigenvalue weighted by Gasteiger charge is 2.30. The minimum absolute atomic E-state index is 0.00906. The van der Waals surface area contributed by atoms with Crippen LogP contribution in [0, 0.1) is 18.7 Å². The first kappa shape index (κ1) is 16.8. The highest BCUT2D eigenvalue weighted by atomic mass is 19.1. The van der Waals surface area contributed by atoms with Crippen LogP contribution >= 0.6 is 0 Å². The van der Waals surface area contributed by atoms with Crippen LogP contribution in [0.2, 0.25) is 0 Å². The fraction of sp³-hybridized carbons (Fsp3) is 0.211. The quantitative estimate of drug-likeness (QED) is 0.840. The standard InChI is InChI=1S/C19H17FN2O3/c1-11-2-7-16(20)15(8-11)19(25)21-14-5-3-12(4-6-14)9-13-10-17(23)22-18(13)24/h2-8,13H,9-10H2,1H3,(H,21,25)(H,22,23,24)/t13-/m1/s1. The van der Waals surface area contributed by atoms with Crippen LogP contribution in [0.15, 0.2) is 42.5 Å². The largest absolute Gasteiger partial charge is 0.322 e. The normalized spacial score (nSPS) is 16.6. The molecule has 25 heavy (non-hydrogen) atoms. The van der Waals surface area contributed by atoms with Crippen LogP contribution in [0.3, 0.4) is 0 Å². The molecule has 1 aliphatic rings. The lowest BCUT2D eigenvalue weighted by molar-refractivity contribution is -0.125. The van der Waals surface area contributed by atoms with Gasteiger partial charge < -0.3 is 5.32 Å². The number of halogens is 1. The van der Waals surface area contributed by atoms with Gasteiger partial charge in [0.2, 0.25) is 11.8 Å². The van der Waals surface area contributed by atoms with Crippen molar-refractivity contribution < 1.29 is 18.8 Å². The number of benzene rings is 2. The lowest BCUT2D eigenvalue weighted by Crippen LogP contribution is -2.22. The number of hydrogen-bond donors (Lipinski definition) is 2. The molecule has 0 unspecified atom stereocenters. The topological polar surface area (TPSA) is 75.3 Å². The van der Waals surface area contributed by atoms with E-state index in [2.05, 4.69) is 10.6 Å². The van der Waals surface area contributed by atoms with Gasteiger partial charge in [0.25, 0.3) is 5.91 Å². The molecule has 1 heterocycles. The molecule has 3 amide bonds. The Hall–Kier alpha value is -3.02. The molecule has 2 aromatic rings. The molecule has 0 aliphatic carbocycles. The van der Waals surface area contributed by atoms with Gasteiger partial charge in [-0.25, -0.2) is 4.39 Å². The Kier molecular flexibility index (Phi) is 4.61. The molecule has 0 spiro atoms. The second-order valence-corrected chi connectivity index (χ2v) is 6.15. The maximum atomic E-state index is 13.8. The summed E-state index contributed by atoms with van der Waals surface area (Å²) in [5.41, 5.74) is 2.20. The molecule has 1 fully saturated rings. The van der Waals surface area contributed by atoms with E-state index in [9.17, 15) is 18.8 Å². The van der Waals surface area contributed by atoms with Gasteiger partial charge in [-0.1, -0.05) is 23.8 Å². The lowest BCUT2D eigenvalue weighted by atomic mass is 9.98. The maximum Gasteiger partial charge on any atom is 0.258 e. The zero-order valence-corrected chi connectivity index (χ0v) is 13.6. The minimum atomic E-state index is -0.573. The van der Waals surface area contributed by atoms with E-state index in [1.807, 2.05) is 0 Å². The Bertz CT molecular complexity index is 846. The van der Waals surface area contributed by atoms with E-state index in [0.717, 1.165) is 11.1 Å². The number of hydrogen-bond acceptors (Lipinski definition) is 3. The summed E-state index contributed by atoms with van der Waals surface area (Å²) in [6.45, 7) is 1.79. The summed E-state index contributed by atoms with van der Waals surface area (Å²) < 4.78 is 13.8. The number of aryl methyl sites for hydroxylation is 1. The third kappa shape index (κ3) is 3.91. The fourth-order valence-corrected chi connectivity index (χ4v) is 2.79. The van der Waals surface area contributed by atoms with Crippen molar-refractivity contribution in [3.8, 4) is 0 Å². The monoisotopic (exact) mass is 340 g/mol. The summed E-state index contributed by atoms with van der Waals surface area (Å²) >= 11 is 0. The minimum Gasteiger partial charge on any atom is -0.322 e. The molecule has 1 atom stereocenters. The molecule has 5 nitrogen and oxygen atoms in total. The Morgan fingerprint density at radius 2 is 1.92 bits per heavy atom. The summed E-state index contributed by atoms with van der Waals surface area (Å²) in [4.78, 5) is 35.0. The van der Waals surface area contributed by atoms with Gasteiger partial charge in [0.15, 0.2) is 0 Å². The van der Waals surface area contributed by atoms with Crippen LogP contribution in [0.1, 0.15) is 27.9 Å². The highest BCUT2D eigenvalue weighted by Crippen LogP contribution is 2.19. The zero-order valence-electron chi connectivity index (χ0n) is 13.6. The van der Waals surface area contributed by atoms with Gasteiger partial charge in [0.1, 0.15) is 5.82 Å². The highest BCUT2D eigenvalue weighted by molar-refractivity contribution is 6.05. The first-order valence-corrected chi connectivity index (χ1v) is 7.92. The van der Waals surface area contributed by atoms with Gasteiger partial charge in [-0.2, -0.15) is 0 Å². The van der Waals surface area contributed by atoms with Crippen LogP contribution in [0.5, 0.6) is 0 Å². The first-order valence-electron chi connectivity index (χ1n) is 7.92. The fourth-order valence-electron chi connectivity index (χ4n) is 2.79. The number of imide groups is 1. The smallest absolute Gasteiger partial charge is 0.258 e. The molecule has 2 aromatic carbocycles. The number of carbonyl (C=O) groups is 3. The van der Waals surface area contributed by atoms with Gasteiger partial charge in [-0.15, -0.1) is 0 Å². The van der Waals surface area contributed by atoms with E-state index in [4.69, 9.17) is 0 Å². The summed E-state index contributed by atoms with van der Waals surface area (Å²) in [6, 6.07) is 11.3. The third-order valence-electron chi connectivity index (χ3n) is 4.13. The van der Waals surface area contributed by atoms with Crippen LogP contribution in [0.4, 0.5) is 10.1 Å². The molecule has 0 aromatic heterocycles. The van der Waals surface area contributed by atoms with Gasteiger partial charge >= 0.3 is 0 Å². The van der Waals surface area contributed by atoms with E-state index in [1.54, 1.807) is 37.3 Å². The van der Waals surface area contributed by atoms with Crippen LogP contribution in [-0.4, -0.2) is 17.7 Å². The van der Waals surface area contributed by atoms with Crippen molar-refractivity contribution in [2.24, 2.45) is 5.92 Å². The van der Waals surface area contributed by atoms with E-state index in [1.165, 1.54) is 12.1 Å². The lowest BCUT2D eigenvalue weighted by Gasteiger charge is -2.09. The molecule has 3 rings (SSSR count). The van der Waals surface area contributed by atoms with Crippen LogP contribution in [0.25, 0.3) is 0 Å². The Morgan fingerprint density at radius 1 is 1.20 bits per heavy atom. The maximum absolute atomic E-state index is 13.8. The number of carbonyl (C=O) groups excluding carboxylic acids is 3. The summed E-state index contributed by atoms with van der Waals surface area (Å²) in [5, 5.41) is 4.93. The predicted molar refractivity (Wildman–Crippen MR) is 90.5 cm³/mol. The molecular formula is C19H17FN2O3. The summed E-state index contributed by atoms with van der Waals surface area (Å²) in [5.74, 6) is -1.95. The molecule has 0 radical (unpaired) electrons. The van der Waals surface area contributed by atoms with E-state index in [-0.39, 0.29) is 29.7 Å². The molecule has 1 aliphatic heterocycles. The summed E-state index contributed by atoms with van der Waals surface area (Å²) in [7, 11) is 0. The van der Waals surface area contributed by atoms with Gasteiger partial charge in [0.05, 0.1) is 11.5 Å². The number of amides is 3. The second-order valence-electron chi connectivity index (χ2n) is 6.15. The van der Waals surface area contributed by atoms with Crippen molar-refractivity contribution in [3.05, 3.63) is 65.0 Å². The molecule has 6 heteroatoms. The van der Waals surface area contributed by atoms with Crippen molar-refractivity contribution in [1.29, 1.82) is 0 Å². The molecule has 0 saturated carbocycles. The first-order chi connectivity index (χ1) is 11.9. The van der Waals surface area contributed by atoms with Gasteiger partial charge in [-0.3, -0.25) is 19.7 Å². The zero-order chi connectivity index (χ0) is 18.0. The predicted octanol–water partition coefficient (Wildman–Crippen LogP) is 2.59. The van der Waals surface area contributed by atoms with Crippen LogP contribution in [-0.2, 0) is 16.0 Å². The van der Waals surface area contributed by atoms with Crippen LogP contribution < -0.4 is 10.6 Å². The van der Waals surface area contributed by atoms with Crippen molar-refractivity contribution in [2.75, 3.05) is 5.32 Å². The average molecular weight is 340 g/mol. The third-order valence-corrected chi connectivity index (χ3v) is 4.13. The molecule has 1 saturated heterocycles. The van der Waals surface area contributed by atoms with E-state index in [0.29, 0.717) is 12.1 Å². The Balaban J connectivity index is 1.66. The average Bonchev–Trinajstić information content (AvgIpc) is 2.89. The van der Waals surface area contributed by atoms with Crippen molar-refractivity contribution in [3.63, 3.8) is 0 Å². The van der Waals surface area contributed by atoms with E-state index >= 15 is 0 Å². The van der Waals surface area contributed by atoms with Crippen molar-refractivity contribution >= 4 is 23.4 Å². The number of nitrogens with one attached hydrogen (secondary N) is 2.